The standard InChI is InChI=1S/C29H35ClN4O5.C28H32ClFN4O4.C26H32N4O4S/c1-5-38-29(36)25-26(23-19-21(30)9-12-24(23)31-27(25)39-18-6-13-32(2)3)33-14-16-34(17-15-33)28(35)20-7-10-22(37-4)11-8-20;1-4-37-28(36)24-25(33-13-15-34(16-14-33)27(35)19-6-9-21(30)10-7-19)22-18-20(29)8-11-23(22)31-26(24)38-17-5-12-32(2)3;1-4-33-26(32)22-23(29-13-15-30(16-14-29)25(31)21-11-7-18-35-21)19-9-5-6-10-20(19)27-24(22)34-17-8-12-28(2)3/h7-12,19H,5-6,13-18H2,1-4H3;6-11,18H,4-5,12-17H2,1-3H3;5-7,9-11,18H,4,8,12-17H2,1-3H3. The Morgan fingerprint density at radius 1 is 0.438 bits per heavy atom. The van der Waals surface area contributed by atoms with Crippen LogP contribution >= 0.6 is 34.5 Å². The van der Waals surface area contributed by atoms with Crippen LogP contribution in [0.15, 0.2) is 127 Å². The molecule has 7 heterocycles. The van der Waals surface area contributed by atoms with Crippen LogP contribution in [0.2, 0.25) is 10.0 Å². The first-order valence-electron chi connectivity index (χ1n) is 37.7. The lowest BCUT2D eigenvalue weighted by molar-refractivity contribution is 0.0511. The van der Waals surface area contributed by atoms with Crippen LogP contribution < -0.4 is 33.6 Å². The van der Waals surface area contributed by atoms with Crippen molar-refractivity contribution in [3.05, 3.63) is 175 Å². The van der Waals surface area contributed by atoms with E-state index < -0.39 is 17.9 Å². The van der Waals surface area contributed by atoms with Gasteiger partial charge in [0.25, 0.3) is 17.7 Å². The zero-order valence-electron chi connectivity index (χ0n) is 65.3. The van der Waals surface area contributed by atoms with E-state index in [0.717, 1.165) is 65.8 Å². The summed E-state index contributed by atoms with van der Waals surface area (Å²) in [5, 5.41) is 5.28. The molecule has 5 aromatic carbocycles. The largest absolute Gasteiger partial charge is 0.497 e. The number of benzene rings is 5. The van der Waals surface area contributed by atoms with Gasteiger partial charge in [-0.3, -0.25) is 14.4 Å². The Bertz CT molecular complexity index is 4690. The van der Waals surface area contributed by atoms with Gasteiger partial charge in [0.1, 0.15) is 28.3 Å². The summed E-state index contributed by atoms with van der Waals surface area (Å²) in [6, 6.07) is 34.9. The molecule has 3 fully saturated rings. The Balaban J connectivity index is 0.000000179. The van der Waals surface area contributed by atoms with Gasteiger partial charge in [-0.25, -0.2) is 33.7 Å². The molecule has 0 spiro atoms. The molecule has 29 heteroatoms. The van der Waals surface area contributed by atoms with Crippen LogP contribution in [-0.4, -0.2) is 267 Å². The zero-order valence-corrected chi connectivity index (χ0v) is 67.6. The molecule has 596 valence electrons. The number of ether oxygens (including phenoxy) is 7. The summed E-state index contributed by atoms with van der Waals surface area (Å²) in [7, 11) is 13.6. The van der Waals surface area contributed by atoms with Gasteiger partial charge in [-0.15, -0.1) is 11.3 Å². The molecular formula is C83H99Cl2FN12O13S. The third kappa shape index (κ3) is 21.7. The average Bonchev–Trinajstić information content (AvgIpc) is 0.796. The smallest absolute Gasteiger partial charge is 0.345 e. The molecule has 0 radical (unpaired) electrons. The van der Waals surface area contributed by atoms with Crippen LogP contribution in [-0.2, 0) is 14.2 Å². The summed E-state index contributed by atoms with van der Waals surface area (Å²) in [6.07, 6.45) is 2.34. The van der Waals surface area contributed by atoms with E-state index in [4.69, 9.17) is 66.3 Å². The number of amides is 3. The van der Waals surface area contributed by atoms with Crippen molar-refractivity contribution in [2.24, 2.45) is 0 Å². The van der Waals surface area contributed by atoms with E-state index in [-0.39, 0.29) is 66.2 Å². The lowest BCUT2D eigenvalue weighted by Crippen LogP contribution is -2.49. The lowest BCUT2D eigenvalue weighted by Gasteiger charge is -2.37. The Morgan fingerprint density at radius 2 is 0.795 bits per heavy atom. The van der Waals surface area contributed by atoms with Crippen molar-refractivity contribution in [1.29, 1.82) is 0 Å². The van der Waals surface area contributed by atoms with Gasteiger partial charge in [0.05, 0.1) is 85.2 Å². The van der Waals surface area contributed by atoms with Gasteiger partial charge in [-0.2, -0.15) is 0 Å². The van der Waals surface area contributed by atoms with Crippen LogP contribution in [0.5, 0.6) is 23.4 Å². The maximum atomic E-state index is 13.3. The van der Waals surface area contributed by atoms with E-state index in [1.165, 1.54) is 35.6 Å². The van der Waals surface area contributed by atoms with E-state index in [9.17, 15) is 33.2 Å². The first-order valence-corrected chi connectivity index (χ1v) is 39.3. The van der Waals surface area contributed by atoms with Crippen molar-refractivity contribution >= 4 is 120 Å². The number of esters is 3. The second-order valence-electron chi connectivity index (χ2n) is 27.5. The maximum absolute atomic E-state index is 13.3. The maximum Gasteiger partial charge on any atom is 0.345 e. The predicted octanol–water partition coefficient (Wildman–Crippen LogP) is 12.6. The number of pyridine rings is 3. The van der Waals surface area contributed by atoms with Crippen molar-refractivity contribution < 1.29 is 66.3 Å². The molecule has 0 aliphatic carbocycles. The van der Waals surface area contributed by atoms with E-state index in [1.807, 2.05) is 111 Å². The number of methoxy groups -OCH3 is 1. The molecule has 9 aromatic rings. The summed E-state index contributed by atoms with van der Waals surface area (Å²) in [5.74, 6) is -0.552. The second kappa shape index (κ2) is 40.9. The number of rotatable bonds is 28. The van der Waals surface area contributed by atoms with Crippen LogP contribution in [0, 0.1) is 5.82 Å². The molecule has 0 saturated carbocycles. The summed E-state index contributed by atoms with van der Waals surface area (Å²) >= 11 is 14.2. The monoisotopic (exact) mass is 1590 g/mol. The van der Waals surface area contributed by atoms with Gasteiger partial charge in [0.2, 0.25) is 17.6 Å². The van der Waals surface area contributed by atoms with Crippen LogP contribution in [0.3, 0.4) is 0 Å². The molecule has 3 amide bonds. The Hall–Kier alpha value is -10.2. The van der Waals surface area contributed by atoms with Crippen molar-refractivity contribution in [1.82, 2.24) is 44.4 Å². The number of anilines is 3. The van der Waals surface area contributed by atoms with E-state index in [0.29, 0.717) is 165 Å². The topological polar surface area (TPSA) is 235 Å². The molecule has 112 heavy (non-hydrogen) atoms. The summed E-state index contributed by atoms with van der Waals surface area (Å²) in [4.78, 5) is 112. The highest BCUT2D eigenvalue weighted by molar-refractivity contribution is 7.12. The molecule has 0 bridgehead atoms. The number of carbonyl (C=O) groups is 6. The molecule has 0 atom stereocenters. The van der Waals surface area contributed by atoms with E-state index in [1.54, 1.807) is 81.3 Å². The third-order valence-corrected chi connectivity index (χ3v) is 20.1. The van der Waals surface area contributed by atoms with Crippen molar-refractivity contribution in [3.63, 3.8) is 0 Å². The average molecular weight is 1590 g/mol. The molecule has 0 unspecified atom stereocenters. The molecular weight excluding hydrogens is 1490 g/mol. The molecule has 3 aliphatic heterocycles. The van der Waals surface area contributed by atoms with Crippen molar-refractivity contribution in [3.8, 4) is 23.4 Å². The Labute approximate surface area is 667 Å². The molecule has 4 aromatic heterocycles. The van der Waals surface area contributed by atoms with E-state index >= 15 is 0 Å². The van der Waals surface area contributed by atoms with Crippen LogP contribution in [0.1, 0.15) is 101 Å². The normalized spacial score (nSPS) is 13.8. The second-order valence-corrected chi connectivity index (χ2v) is 29.3. The minimum absolute atomic E-state index is 0.0459. The highest BCUT2D eigenvalue weighted by Gasteiger charge is 2.35. The van der Waals surface area contributed by atoms with Gasteiger partial charge in [-0.05, 0) is 185 Å². The van der Waals surface area contributed by atoms with E-state index in [2.05, 4.69) is 29.5 Å². The molecule has 0 N–H and O–H groups in total. The number of halogens is 3. The fourth-order valence-electron chi connectivity index (χ4n) is 13.3. The molecule has 3 saturated heterocycles. The van der Waals surface area contributed by atoms with Gasteiger partial charge < -0.3 is 77.3 Å². The molecule has 3 aliphatic rings. The number of thiophene rings is 1. The summed E-state index contributed by atoms with van der Waals surface area (Å²) in [6.45, 7) is 15.8. The first kappa shape index (κ1) is 84.3. The fraction of sp³-hybridized carbons (Fsp3) is 0.410. The lowest BCUT2D eigenvalue weighted by atomic mass is 10.1. The number of carbonyl (C=O) groups excluding carboxylic acids is 6. The number of hydrogen-bond acceptors (Lipinski definition) is 23. The fourth-order valence-corrected chi connectivity index (χ4v) is 14.4. The number of hydrogen-bond donors (Lipinski definition) is 0. The van der Waals surface area contributed by atoms with Crippen LogP contribution in [0.4, 0.5) is 21.5 Å². The number of aromatic nitrogens is 3. The number of piperazine rings is 3. The van der Waals surface area contributed by atoms with Crippen molar-refractivity contribution in [2.45, 2.75) is 40.0 Å². The highest BCUT2D eigenvalue weighted by atomic mass is 35.5. The third-order valence-electron chi connectivity index (χ3n) is 18.8. The number of nitrogens with zero attached hydrogens (tertiary/aromatic N) is 12. The zero-order chi connectivity index (χ0) is 80.0. The molecule has 12 rings (SSSR count). The predicted molar refractivity (Wildman–Crippen MR) is 437 cm³/mol. The van der Waals surface area contributed by atoms with Gasteiger partial charge in [-0.1, -0.05) is 47.5 Å². The Morgan fingerprint density at radius 3 is 1.15 bits per heavy atom. The number of para-hydroxylation sites is 1. The summed E-state index contributed by atoms with van der Waals surface area (Å²) in [5.41, 5.74) is 6.06. The van der Waals surface area contributed by atoms with Crippen molar-refractivity contribution in [2.75, 3.05) is 202 Å². The number of fused-ring (bicyclic) bond motifs is 3. The minimum atomic E-state index is -0.524. The minimum Gasteiger partial charge on any atom is -0.497 e. The summed E-state index contributed by atoms with van der Waals surface area (Å²) < 4.78 is 53.1. The Kier molecular flexibility index (Phi) is 30.8. The van der Waals surface area contributed by atoms with Gasteiger partial charge in [0, 0.05) is 136 Å². The quantitative estimate of drug-likeness (QED) is 0.0252. The first-order chi connectivity index (χ1) is 54.1. The van der Waals surface area contributed by atoms with Gasteiger partial charge in [0.15, 0.2) is 0 Å². The van der Waals surface area contributed by atoms with Crippen LogP contribution in [0.25, 0.3) is 32.7 Å². The van der Waals surface area contributed by atoms with Gasteiger partial charge >= 0.3 is 17.9 Å². The highest BCUT2D eigenvalue weighted by Crippen LogP contribution is 2.42. The molecule has 25 nitrogen and oxygen atoms in total. The SMILES string of the molecule is CCOC(=O)c1c(OCCCN(C)C)nc2ccc(Cl)cc2c1N1CCN(C(=O)c2ccc(F)cc2)CC1.CCOC(=O)c1c(OCCCN(C)C)nc2ccc(Cl)cc2c1N1CCN(C(=O)c2ccc(OC)cc2)CC1.CCOC(=O)c1c(OCCCN(C)C)nc2ccccc2c1N1CCN(C(=O)c2cccs2)CC1.